The molecule has 0 unspecified atom stereocenters. The van der Waals surface area contributed by atoms with Crippen LogP contribution in [0.4, 0.5) is 0 Å². The van der Waals surface area contributed by atoms with E-state index in [9.17, 15) is 9.90 Å². The number of carboxylic acids is 1. The van der Waals surface area contributed by atoms with E-state index in [1.165, 1.54) is 33.5 Å². The van der Waals surface area contributed by atoms with Crippen LogP contribution in [0.2, 0.25) is 0 Å². The lowest BCUT2D eigenvalue weighted by Gasteiger charge is -2.13. The summed E-state index contributed by atoms with van der Waals surface area (Å²) in [5.74, 6) is 1.06. The van der Waals surface area contributed by atoms with E-state index in [0.29, 0.717) is 23.0 Å². The van der Waals surface area contributed by atoms with Gasteiger partial charge < -0.3 is 24.1 Å². The predicted molar refractivity (Wildman–Crippen MR) is 79.6 cm³/mol. The normalized spacial score (nSPS) is 9.95. The fraction of sp³-hybridized carbons (Fsp3) is 0.188. The second-order valence-electron chi connectivity index (χ2n) is 4.29. The molecular formula is C16H16O6. The average molecular weight is 304 g/mol. The van der Waals surface area contributed by atoms with Gasteiger partial charge in [0, 0.05) is 12.1 Å². The molecule has 0 aliphatic carbocycles. The first kappa shape index (κ1) is 15.5. The van der Waals surface area contributed by atoms with Crippen LogP contribution in [0, 0.1) is 0 Å². The maximum absolute atomic E-state index is 11.3. The molecule has 0 aromatic heterocycles. The minimum absolute atomic E-state index is 0.0376. The van der Waals surface area contributed by atoms with Crippen molar-refractivity contribution in [2.24, 2.45) is 0 Å². The minimum Gasteiger partial charge on any atom is -0.497 e. The fourth-order valence-corrected chi connectivity index (χ4v) is 1.90. The van der Waals surface area contributed by atoms with Gasteiger partial charge >= 0.3 is 5.97 Å². The first-order valence-corrected chi connectivity index (χ1v) is 6.40. The van der Waals surface area contributed by atoms with Gasteiger partial charge in [-0.05, 0) is 24.3 Å². The summed E-state index contributed by atoms with van der Waals surface area (Å²) >= 11 is 0. The van der Waals surface area contributed by atoms with Crippen LogP contribution in [-0.4, -0.2) is 32.4 Å². The third-order valence-corrected chi connectivity index (χ3v) is 3.00. The van der Waals surface area contributed by atoms with Gasteiger partial charge in [-0.3, -0.25) is 0 Å². The number of aromatic carboxylic acids is 1. The third-order valence-electron chi connectivity index (χ3n) is 3.00. The van der Waals surface area contributed by atoms with Crippen LogP contribution in [0.15, 0.2) is 36.4 Å². The zero-order valence-corrected chi connectivity index (χ0v) is 12.5. The molecule has 0 bridgehead atoms. The van der Waals surface area contributed by atoms with Gasteiger partial charge in [-0.2, -0.15) is 0 Å². The van der Waals surface area contributed by atoms with Gasteiger partial charge in [-0.15, -0.1) is 0 Å². The van der Waals surface area contributed by atoms with Crippen LogP contribution in [0.25, 0.3) is 0 Å². The highest BCUT2D eigenvalue weighted by Crippen LogP contribution is 2.35. The first-order valence-electron chi connectivity index (χ1n) is 6.40. The van der Waals surface area contributed by atoms with E-state index in [1.807, 2.05) is 0 Å². The number of benzene rings is 2. The molecule has 0 atom stereocenters. The Morgan fingerprint density at radius 1 is 0.818 bits per heavy atom. The van der Waals surface area contributed by atoms with Gasteiger partial charge in [-0.1, -0.05) is 0 Å². The molecule has 0 heterocycles. The van der Waals surface area contributed by atoms with Crippen molar-refractivity contribution in [1.82, 2.24) is 0 Å². The molecule has 0 saturated heterocycles. The van der Waals surface area contributed by atoms with Crippen molar-refractivity contribution in [1.29, 1.82) is 0 Å². The lowest BCUT2D eigenvalue weighted by molar-refractivity contribution is 0.0694. The second kappa shape index (κ2) is 6.71. The molecule has 0 spiro atoms. The highest BCUT2D eigenvalue weighted by molar-refractivity contribution is 5.91. The molecule has 0 fully saturated rings. The minimum atomic E-state index is -1.09. The molecule has 0 radical (unpaired) electrons. The highest BCUT2D eigenvalue weighted by atomic mass is 16.5. The molecular weight excluding hydrogens is 288 g/mol. The Bertz CT molecular complexity index is 680. The van der Waals surface area contributed by atoms with E-state index in [-0.39, 0.29) is 11.3 Å². The van der Waals surface area contributed by atoms with E-state index in [2.05, 4.69) is 0 Å². The van der Waals surface area contributed by atoms with E-state index >= 15 is 0 Å². The smallest absolute Gasteiger partial charge is 0.339 e. The lowest BCUT2D eigenvalue weighted by atomic mass is 10.2. The van der Waals surface area contributed by atoms with Crippen molar-refractivity contribution in [3.8, 4) is 28.7 Å². The Morgan fingerprint density at radius 3 is 2.05 bits per heavy atom. The summed E-state index contributed by atoms with van der Waals surface area (Å²) in [7, 11) is 4.54. The molecule has 0 aliphatic heterocycles. The summed E-state index contributed by atoms with van der Waals surface area (Å²) in [6, 6.07) is 9.45. The summed E-state index contributed by atoms with van der Waals surface area (Å²) in [6.45, 7) is 0. The van der Waals surface area contributed by atoms with Crippen molar-refractivity contribution >= 4 is 5.97 Å². The molecule has 0 saturated carbocycles. The van der Waals surface area contributed by atoms with Crippen molar-refractivity contribution in [3.05, 3.63) is 42.0 Å². The molecule has 2 rings (SSSR count). The number of ether oxygens (including phenoxy) is 4. The van der Waals surface area contributed by atoms with Crippen molar-refractivity contribution < 1.29 is 28.8 Å². The van der Waals surface area contributed by atoms with Gasteiger partial charge in [0.05, 0.1) is 21.3 Å². The standard InChI is InChI=1S/C16H16O6/c1-19-10-4-6-12(16(17)18)14(8-10)22-11-5-7-13(20-2)15(9-11)21-3/h4-9H,1-3H3,(H,17,18). The molecule has 0 amide bonds. The number of hydrogen-bond donors (Lipinski definition) is 1. The Kier molecular flexibility index (Phi) is 4.73. The summed E-state index contributed by atoms with van der Waals surface area (Å²) in [6.07, 6.45) is 0. The monoisotopic (exact) mass is 304 g/mol. The summed E-state index contributed by atoms with van der Waals surface area (Å²) in [5.41, 5.74) is 0.0376. The molecule has 6 nitrogen and oxygen atoms in total. The van der Waals surface area contributed by atoms with Gasteiger partial charge in [-0.25, -0.2) is 4.79 Å². The Labute approximate surface area is 127 Å². The Morgan fingerprint density at radius 2 is 1.45 bits per heavy atom. The van der Waals surface area contributed by atoms with E-state index < -0.39 is 5.97 Å². The zero-order valence-electron chi connectivity index (χ0n) is 12.5. The number of carbonyl (C=O) groups is 1. The van der Waals surface area contributed by atoms with E-state index in [4.69, 9.17) is 18.9 Å². The van der Waals surface area contributed by atoms with Crippen LogP contribution in [0.1, 0.15) is 10.4 Å². The maximum atomic E-state index is 11.3. The number of hydrogen-bond acceptors (Lipinski definition) is 5. The SMILES string of the molecule is COc1ccc(C(=O)O)c(Oc2ccc(OC)c(OC)c2)c1. The van der Waals surface area contributed by atoms with Gasteiger partial charge in [0.15, 0.2) is 11.5 Å². The zero-order chi connectivity index (χ0) is 16.1. The topological polar surface area (TPSA) is 74.2 Å². The molecule has 0 aliphatic rings. The van der Waals surface area contributed by atoms with Gasteiger partial charge in [0.25, 0.3) is 0 Å². The molecule has 1 N–H and O–H groups in total. The van der Waals surface area contributed by atoms with E-state index in [1.54, 1.807) is 24.3 Å². The number of methoxy groups -OCH3 is 3. The Balaban J connectivity index is 2.39. The van der Waals surface area contributed by atoms with Crippen LogP contribution in [-0.2, 0) is 0 Å². The van der Waals surface area contributed by atoms with Crippen molar-refractivity contribution in [2.45, 2.75) is 0 Å². The average Bonchev–Trinajstić information content (AvgIpc) is 2.54. The predicted octanol–water partition coefficient (Wildman–Crippen LogP) is 3.20. The third kappa shape index (κ3) is 3.22. The lowest BCUT2D eigenvalue weighted by Crippen LogP contribution is -2.01. The summed E-state index contributed by atoms with van der Waals surface area (Å²) in [5, 5.41) is 9.22. The van der Waals surface area contributed by atoms with Crippen molar-refractivity contribution in [2.75, 3.05) is 21.3 Å². The van der Waals surface area contributed by atoms with Gasteiger partial charge in [0.1, 0.15) is 22.8 Å². The quantitative estimate of drug-likeness (QED) is 0.883. The maximum Gasteiger partial charge on any atom is 0.339 e. The van der Waals surface area contributed by atoms with Crippen LogP contribution in [0.3, 0.4) is 0 Å². The number of carboxylic acid groups (broad SMARTS) is 1. The molecule has 2 aromatic carbocycles. The van der Waals surface area contributed by atoms with Gasteiger partial charge in [0.2, 0.25) is 0 Å². The number of rotatable bonds is 6. The van der Waals surface area contributed by atoms with Crippen molar-refractivity contribution in [3.63, 3.8) is 0 Å². The Hall–Kier alpha value is -2.89. The fourth-order valence-electron chi connectivity index (χ4n) is 1.90. The van der Waals surface area contributed by atoms with Crippen LogP contribution in [0.5, 0.6) is 28.7 Å². The summed E-state index contributed by atoms with van der Waals surface area (Å²) in [4.78, 5) is 11.3. The van der Waals surface area contributed by atoms with Crippen LogP contribution >= 0.6 is 0 Å². The highest BCUT2D eigenvalue weighted by Gasteiger charge is 2.14. The first-order chi connectivity index (χ1) is 10.6. The molecule has 2 aromatic rings. The summed E-state index contributed by atoms with van der Waals surface area (Å²) < 4.78 is 21.1. The molecule has 116 valence electrons. The van der Waals surface area contributed by atoms with E-state index in [0.717, 1.165) is 0 Å². The second-order valence-corrected chi connectivity index (χ2v) is 4.29. The molecule has 6 heteroatoms. The van der Waals surface area contributed by atoms with Crippen LogP contribution < -0.4 is 18.9 Å². The molecule has 22 heavy (non-hydrogen) atoms. The largest absolute Gasteiger partial charge is 0.497 e.